The number of nitrogens with zero attached hydrogens (tertiary/aromatic N) is 4. The highest BCUT2D eigenvalue weighted by Crippen LogP contribution is 2.26. The van der Waals surface area contributed by atoms with E-state index in [4.69, 9.17) is 0 Å². The van der Waals surface area contributed by atoms with Gasteiger partial charge in [0.2, 0.25) is 0 Å². The van der Waals surface area contributed by atoms with E-state index < -0.39 is 10.2 Å². The summed E-state index contributed by atoms with van der Waals surface area (Å²) in [6.07, 6.45) is 0. The molecule has 8 heteroatoms. The van der Waals surface area contributed by atoms with Crippen molar-refractivity contribution in [1.29, 1.82) is 0 Å². The molecule has 2 aromatic rings. The van der Waals surface area contributed by atoms with Crippen LogP contribution in [0, 0.1) is 6.92 Å². The standard InChI is InChI=1S/C14H21N5O2S/c1-11-5-4-6-12-13(11)18(3)15-14(12)16-22(20,21)19-9-7-17(2)8-10-19/h4-6H,7-10H2,1-3H3,(H,15,16). The Labute approximate surface area is 130 Å². The van der Waals surface area contributed by atoms with Gasteiger partial charge in [0.15, 0.2) is 5.82 Å². The molecule has 1 aliphatic heterocycles. The van der Waals surface area contributed by atoms with Gasteiger partial charge in [-0.15, -0.1) is 0 Å². The predicted molar refractivity (Wildman–Crippen MR) is 87.1 cm³/mol. The number of likely N-dealkylation sites (N-methyl/N-ethyl adjacent to an activating group) is 1. The Balaban J connectivity index is 1.91. The van der Waals surface area contributed by atoms with Crippen molar-refractivity contribution in [3.8, 4) is 0 Å². The molecule has 1 saturated heterocycles. The molecule has 0 atom stereocenters. The van der Waals surface area contributed by atoms with E-state index in [0.29, 0.717) is 18.9 Å². The van der Waals surface area contributed by atoms with Crippen LogP contribution in [0.4, 0.5) is 5.82 Å². The Hall–Kier alpha value is -1.64. The second-order valence-electron chi connectivity index (χ2n) is 5.75. The van der Waals surface area contributed by atoms with E-state index in [1.54, 1.807) is 4.68 Å². The summed E-state index contributed by atoms with van der Waals surface area (Å²) in [5, 5.41) is 5.15. The van der Waals surface area contributed by atoms with Crippen molar-refractivity contribution in [1.82, 2.24) is 19.0 Å². The average Bonchev–Trinajstić information content (AvgIpc) is 2.76. The summed E-state index contributed by atoms with van der Waals surface area (Å²) in [5.41, 5.74) is 2.01. The highest BCUT2D eigenvalue weighted by molar-refractivity contribution is 7.90. The van der Waals surface area contributed by atoms with Crippen molar-refractivity contribution in [2.24, 2.45) is 7.05 Å². The molecular formula is C14H21N5O2S. The minimum Gasteiger partial charge on any atom is -0.304 e. The molecule has 2 heterocycles. The molecule has 0 aliphatic carbocycles. The molecule has 1 N–H and O–H groups in total. The van der Waals surface area contributed by atoms with Crippen LogP contribution in [0.3, 0.4) is 0 Å². The topological polar surface area (TPSA) is 70.5 Å². The van der Waals surface area contributed by atoms with Crippen molar-refractivity contribution in [3.63, 3.8) is 0 Å². The average molecular weight is 323 g/mol. The Morgan fingerprint density at radius 1 is 1.14 bits per heavy atom. The highest BCUT2D eigenvalue weighted by Gasteiger charge is 2.27. The van der Waals surface area contributed by atoms with Gasteiger partial charge in [0.25, 0.3) is 0 Å². The molecule has 0 radical (unpaired) electrons. The molecule has 0 amide bonds. The fourth-order valence-electron chi connectivity index (χ4n) is 2.82. The van der Waals surface area contributed by atoms with Crippen LogP contribution in [-0.4, -0.2) is 60.6 Å². The van der Waals surface area contributed by atoms with Crippen molar-refractivity contribution in [2.75, 3.05) is 37.9 Å². The van der Waals surface area contributed by atoms with Gasteiger partial charge < -0.3 is 4.90 Å². The maximum Gasteiger partial charge on any atom is 0.302 e. The molecular weight excluding hydrogens is 302 g/mol. The minimum absolute atomic E-state index is 0.389. The van der Waals surface area contributed by atoms with Crippen LogP contribution in [-0.2, 0) is 17.3 Å². The summed E-state index contributed by atoms with van der Waals surface area (Å²) in [4.78, 5) is 2.12. The first-order valence-electron chi connectivity index (χ1n) is 7.27. The largest absolute Gasteiger partial charge is 0.304 e. The molecule has 22 heavy (non-hydrogen) atoms. The number of para-hydroxylation sites is 1. The summed E-state index contributed by atoms with van der Waals surface area (Å²) in [6.45, 7) is 4.46. The molecule has 120 valence electrons. The normalized spacial score (nSPS) is 18.0. The Bertz CT molecular complexity index is 791. The van der Waals surface area contributed by atoms with Crippen LogP contribution < -0.4 is 4.72 Å². The Morgan fingerprint density at radius 2 is 1.82 bits per heavy atom. The van der Waals surface area contributed by atoms with Gasteiger partial charge in [-0.2, -0.15) is 17.8 Å². The third-order valence-corrected chi connectivity index (χ3v) is 5.59. The van der Waals surface area contributed by atoms with Crippen molar-refractivity contribution in [2.45, 2.75) is 6.92 Å². The molecule has 7 nitrogen and oxygen atoms in total. The van der Waals surface area contributed by atoms with Crippen LogP contribution in [0.2, 0.25) is 0 Å². The predicted octanol–water partition coefficient (Wildman–Crippen LogP) is 0.786. The molecule has 1 aliphatic rings. The first-order chi connectivity index (χ1) is 10.4. The van der Waals surface area contributed by atoms with E-state index in [9.17, 15) is 8.42 Å². The van der Waals surface area contributed by atoms with E-state index in [1.165, 1.54) is 4.31 Å². The van der Waals surface area contributed by atoms with E-state index in [1.807, 2.05) is 39.2 Å². The minimum atomic E-state index is -3.57. The Morgan fingerprint density at radius 3 is 2.50 bits per heavy atom. The van der Waals surface area contributed by atoms with Crippen LogP contribution in [0.1, 0.15) is 5.56 Å². The number of aromatic nitrogens is 2. The van der Waals surface area contributed by atoms with E-state index in [0.717, 1.165) is 29.6 Å². The third-order valence-electron chi connectivity index (χ3n) is 4.09. The smallest absolute Gasteiger partial charge is 0.302 e. The SMILES string of the molecule is Cc1cccc2c(NS(=O)(=O)N3CCN(C)CC3)nn(C)c12. The number of hydrogen-bond acceptors (Lipinski definition) is 4. The zero-order chi connectivity index (χ0) is 15.9. The number of aryl methyl sites for hydroxylation is 2. The molecule has 1 aromatic heterocycles. The van der Waals surface area contributed by atoms with Crippen LogP contribution in [0.5, 0.6) is 0 Å². The van der Waals surface area contributed by atoms with Crippen LogP contribution >= 0.6 is 0 Å². The maximum absolute atomic E-state index is 12.5. The van der Waals surface area contributed by atoms with Gasteiger partial charge in [0, 0.05) is 38.6 Å². The lowest BCUT2D eigenvalue weighted by Gasteiger charge is -2.31. The van der Waals surface area contributed by atoms with E-state index >= 15 is 0 Å². The van der Waals surface area contributed by atoms with Gasteiger partial charge in [0.05, 0.1) is 5.52 Å². The van der Waals surface area contributed by atoms with E-state index in [-0.39, 0.29) is 0 Å². The molecule has 0 bridgehead atoms. The molecule has 0 spiro atoms. The quantitative estimate of drug-likeness (QED) is 0.906. The van der Waals surface area contributed by atoms with Gasteiger partial charge >= 0.3 is 10.2 Å². The fourth-order valence-corrected chi connectivity index (χ4v) is 3.99. The van der Waals surface area contributed by atoms with Crippen LogP contribution in [0.25, 0.3) is 10.9 Å². The van der Waals surface area contributed by atoms with Crippen molar-refractivity contribution >= 4 is 26.9 Å². The second-order valence-corrected chi connectivity index (χ2v) is 7.42. The van der Waals surface area contributed by atoms with Gasteiger partial charge in [-0.25, -0.2) is 0 Å². The lowest BCUT2D eigenvalue weighted by molar-refractivity contribution is 0.223. The summed E-state index contributed by atoms with van der Waals surface area (Å²) in [6, 6.07) is 5.78. The zero-order valence-corrected chi connectivity index (χ0v) is 13.9. The number of piperazine rings is 1. The zero-order valence-electron chi connectivity index (χ0n) is 13.1. The molecule has 0 unspecified atom stereocenters. The molecule has 1 aromatic carbocycles. The second kappa shape index (κ2) is 5.53. The van der Waals surface area contributed by atoms with Gasteiger partial charge in [-0.05, 0) is 25.6 Å². The lowest BCUT2D eigenvalue weighted by atomic mass is 10.1. The number of hydrogen-bond donors (Lipinski definition) is 1. The number of anilines is 1. The fraction of sp³-hybridized carbons (Fsp3) is 0.500. The summed E-state index contributed by atoms with van der Waals surface area (Å²) < 4.78 is 30.9. The van der Waals surface area contributed by atoms with Crippen LogP contribution in [0.15, 0.2) is 18.2 Å². The molecule has 3 rings (SSSR count). The Kier molecular flexibility index (Phi) is 3.84. The number of fused-ring (bicyclic) bond motifs is 1. The summed E-state index contributed by atoms with van der Waals surface area (Å²) >= 11 is 0. The molecule has 1 fully saturated rings. The first kappa shape index (κ1) is 15.3. The third kappa shape index (κ3) is 2.69. The monoisotopic (exact) mass is 323 g/mol. The highest BCUT2D eigenvalue weighted by atomic mass is 32.2. The van der Waals surface area contributed by atoms with Gasteiger partial charge in [0.1, 0.15) is 0 Å². The number of nitrogens with one attached hydrogen (secondary N) is 1. The number of rotatable bonds is 3. The molecule has 0 saturated carbocycles. The summed E-state index contributed by atoms with van der Waals surface area (Å²) in [7, 11) is 0.245. The first-order valence-corrected chi connectivity index (χ1v) is 8.71. The van der Waals surface area contributed by atoms with Crippen molar-refractivity contribution < 1.29 is 8.42 Å². The van der Waals surface area contributed by atoms with E-state index in [2.05, 4.69) is 14.7 Å². The number of benzene rings is 1. The maximum atomic E-state index is 12.5. The van der Waals surface area contributed by atoms with Crippen molar-refractivity contribution in [3.05, 3.63) is 23.8 Å². The van der Waals surface area contributed by atoms with Gasteiger partial charge in [-0.3, -0.25) is 9.40 Å². The summed E-state index contributed by atoms with van der Waals surface area (Å²) in [5.74, 6) is 0.389. The lowest BCUT2D eigenvalue weighted by Crippen LogP contribution is -2.48. The van der Waals surface area contributed by atoms with Gasteiger partial charge in [-0.1, -0.05) is 12.1 Å².